The zero-order valence-electron chi connectivity index (χ0n) is 13.7. The minimum Gasteiger partial charge on any atom is -0.469 e. The average Bonchev–Trinajstić information content (AvgIpc) is 3.03. The van der Waals surface area contributed by atoms with Crippen LogP contribution in [0.2, 0.25) is 0 Å². The van der Waals surface area contributed by atoms with Crippen LogP contribution in [0.4, 0.5) is 4.79 Å². The quantitative estimate of drug-likeness (QED) is 0.881. The fraction of sp³-hybridized carbons (Fsp3) is 0.421. The summed E-state index contributed by atoms with van der Waals surface area (Å²) in [6.07, 6.45) is 4.67. The Hall–Kier alpha value is -2.23. The number of hydrogen-bond donors (Lipinski definition) is 2. The third kappa shape index (κ3) is 3.58. The molecule has 2 aromatic rings. The number of furan rings is 1. The van der Waals surface area contributed by atoms with Gasteiger partial charge in [0, 0.05) is 12.0 Å². The van der Waals surface area contributed by atoms with Crippen molar-refractivity contribution < 1.29 is 9.21 Å². The van der Waals surface area contributed by atoms with E-state index in [9.17, 15) is 4.79 Å². The second-order valence-corrected chi connectivity index (χ2v) is 6.49. The molecule has 1 aromatic carbocycles. The largest absolute Gasteiger partial charge is 0.469 e. The summed E-state index contributed by atoms with van der Waals surface area (Å²) >= 11 is 0. The number of rotatable bonds is 4. The first kappa shape index (κ1) is 15.7. The zero-order valence-corrected chi connectivity index (χ0v) is 13.7. The van der Waals surface area contributed by atoms with Crippen LogP contribution in [0.1, 0.15) is 55.7 Å². The van der Waals surface area contributed by atoms with E-state index >= 15 is 0 Å². The molecule has 1 heterocycles. The van der Waals surface area contributed by atoms with Gasteiger partial charge in [0.2, 0.25) is 0 Å². The maximum Gasteiger partial charge on any atom is 0.315 e. The van der Waals surface area contributed by atoms with E-state index in [-0.39, 0.29) is 18.1 Å². The van der Waals surface area contributed by atoms with E-state index in [2.05, 4.69) is 36.6 Å². The van der Waals surface area contributed by atoms with Crippen LogP contribution in [0.3, 0.4) is 0 Å². The molecule has 0 saturated carbocycles. The molecule has 0 spiro atoms. The molecular weight excluding hydrogens is 288 g/mol. The Morgan fingerprint density at radius 3 is 2.74 bits per heavy atom. The molecule has 0 fully saturated rings. The Labute approximate surface area is 137 Å². The first-order valence-corrected chi connectivity index (χ1v) is 8.33. The second kappa shape index (κ2) is 6.90. The lowest BCUT2D eigenvalue weighted by Crippen LogP contribution is -2.42. The molecule has 4 heteroatoms. The number of amides is 2. The van der Waals surface area contributed by atoms with E-state index < -0.39 is 0 Å². The van der Waals surface area contributed by atoms with Crippen molar-refractivity contribution in [2.75, 3.05) is 0 Å². The van der Waals surface area contributed by atoms with Crippen LogP contribution in [0, 0.1) is 5.92 Å². The molecule has 3 rings (SSSR count). The fourth-order valence-electron chi connectivity index (χ4n) is 3.27. The van der Waals surface area contributed by atoms with Crippen molar-refractivity contribution in [1.82, 2.24) is 10.6 Å². The van der Waals surface area contributed by atoms with Gasteiger partial charge in [-0.3, -0.25) is 0 Å². The first-order valence-electron chi connectivity index (χ1n) is 8.33. The minimum atomic E-state index is -0.119. The lowest BCUT2D eigenvalue weighted by molar-refractivity contribution is 0.227. The van der Waals surface area contributed by atoms with Gasteiger partial charge in [-0.1, -0.05) is 44.2 Å². The summed E-state index contributed by atoms with van der Waals surface area (Å²) in [7, 11) is 0. The Morgan fingerprint density at radius 1 is 1.22 bits per heavy atom. The smallest absolute Gasteiger partial charge is 0.315 e. The van der Waals surface area contributed by atoms with Crippen molar-refractivity contribution in [2.24, 2.45) is 5.92 Å². The van der Waals surface area contributed by atoms with Crippen LogP contribution in [0.25, 0.3) is 0 Å². The highest BCUT2D eigenvalue weighted by Crippen LogP contribution is 2.30. The van der Waals surface area contributed by atoms with Crippen molar-refractivity contribution >= 4 is 6.03 Å². The molecule has 2 atom stereocenters. The van der Waals surface area contributed by atoms with E-state index in [4.69, 9.17) is 4.42 Å². The molecule has 0 aliphatic heterocycles. The lowest BCUT2D eigenvalue weighted by Gasteiger charge is -2.27. The van der Waals surface area contributed by atoms with Crippen molar-refractivity contribution in [3.05, 3.63) is 59.5 Å². The molecule has 1 aliphatic carbocycles. The van der Waals surface area contributed by atoms with E-state index in [0.29, 0.717) is 5.92 Å². The van der Waals surface area contributed by atoms with E-state index in [1.807, 2.05) is 24.3 Å². The summed E-state index contributed by atoms with van der Waals surface area (Å²) in [6, 6.07) is 12.0. The molecule has 2 N–H and O–H groups in total. The number of aryl methyl sites for hydroxylation is 1. The fourth-order valence-corrected chi connectivity index (χ4v) is 3.27. The van der Waals surface area contributed by atoms with Crippen LogP contribution in [-0.2, 0) is 6.42 Å². The Bertz CT molecular complexity index is 648. The van der Waals surface area contributed by atoms with E-state index in [1.165, 1.54) is 0 Å². The monoisotopic (exact) mass is 312 g/mol. The Kier molecular flexibility index (Phi) is 4.70. The van der Waals surface area contributed by atoms with E-state index in [1.54, 1.807) is 6.26 Å². The molecule has 0 bridgehead atoms. The third-order valence-electron chi connectivity index (χ3n) is 4.47. The van der Waals surface area contributed by atoms with Gasteiger partial charge in [0.25, 0.3) is 0 Å². The number of benzene rings is 1. The van der Waals surface area contributed by atoms with Gasteiger partial charge in [-0.05, 0) is 30.4 Å². The van der Waals surface area contributed by atoms with Gasteiger partial charge in [-0.15, -0.1) is 0 Å². The molecular formula is C19H24N2O2. The lowest BCUT2D eigenvalue weighted by atomic mass is 9.93. The van der Waals surface area contributed by atoms with Gasteiger partial charge >= 0.3 is 6.03 Å². The number of nitrogens with one attached hydrogen (secondary N) is 2. The summed E-state index contributed by atoms with van der Waals surface area (Å²) < 4.78 is 5.48. The number of carbonyl (C=O) groups excluding carboxylic acids is 1. The van der Waals surface area contributed by atoms with Crippen LogP contribution < -0.4 is 10.6 Å². The molecule has 0 radical (unpaired) electrons. The highest BCUT2D eigenvalue weighted by atomic mass is 16.3. The maximum atomic E-state index is 12.5. The molecule has 0 unspecified atom stereocenters. The topological polar surface area (TPSA) is 54.3 Å². The summed E-state index contributed by atoms with van der Waals surface area (Å²) in [5, 5.41) is 6.23. The van der Waals surface area contributed by atoms with Crippen molar-refractivity contribution in [2.45, 2.75) is 45.2 Å². The molecule has 2 amide bonds. The van der Waals surface area contributed by atoms with Gasteiger partial charge in [0.15, 0.2) is 0 Å². The molecule has 122 valence electrons. The van der Waals surface area contributed by atoms with Crippen molar-refractivity contribution in [1.29, 1.82) is 0 Å². The summed E-state index contributed by atoms with van der Waals surface area (Å²) in [6.45, 7) is 4.24. The van der Waals surface area contributed by atoms with Crippen molar-refractivity contribution in [3.8, 4) is 0 Å². The van der Waals surface area contributed by atoms with Crippen LogP contribution in [0.15, 0.2) is 47.1 Å². The molecule has 1 aliphatic rings. The number of carbonyl (C=O) groups is 1. The number of fused-ring (bicyclic) bond motifs is 1. The van der Waals surface area contributed by atoms with Crippen molar-refractivity contribution in [3.63, 3.8) is 0 Å². The third-order valence-corrected chi connectivity index (χ3v) is 4.47. The van der Waals surface area contributed by atoms with Gasteiger partial charge in [0.1, 0.15) is 5.76 Å². The first-order chi connectivity index (χ1) is 11.1. The number of urea groups is 1. The van der Waals surface area contributed by atoms with Crippen LogP contribution in [0.5, 0.6) is 0 Å². The second-order valence-electron chi connectivity index (χ2n) is 6.49. The Balaban J connectivity index is 1.67. The Morgan fingerprint density at radius 2 is 2.00 bits per heavy atom. The highest BCUT2D eigenvalue weighted by molar-refractivity contribution is 5.75. The highest BCUT2D eigenvalue weighted by Gasteiger charge is 2.25. The predicted octanol–water partition coefficient (Wildman–Crippen LogP) is 4.35. The zero-order chi connectivity index (χ0) is 16.2. The summed E-state index contributed by atoms with van der Waals surface area (Å²) in [5.74, 6) is 1.32. The molecule has 4 nitrogen and oxygen atoms in total. The number of hydrogen-bond acceptors (Lipinski definition) is 2. The van der Waals surface area contributed by atoms with Gasteiger partial charge in [-0.2, -0.15) is 0 Å². The van der Waals surface area contributed by atoms with E-state index in [0.717, 1.165) is 36.1 Å². The van der Waals surface area contributed by atoms with Crippen LogP contribution in [-0.4, -0.2) is 6.03 Å². The SMILES string of the molecule is CC(C)[C@@H](NC(=O)N[C@@H]1CCCc2occc21)c1ccccc1. The van der Waals surface area contributed by atoms with Crippen LogP contribution >= 0.6 is 0 Å². The molecule has 23 heavy (non-hydrogen) atoms. The van der Waals surface area contributed by atoms with Gasteiger partial charge in [-0.25, -0.2) is 4.79 Å². The normalized spacial score (nSPS) is 18.3. The minimum absolute atomic E-state index is 0.00334. The summed E-state index contributed by atoms with van der Waals surface area (Å²) in [4.78, 5) is 12.5. The predicted molar refractivity (Wildman–Crippen MR) is 90.1 cm³/mol. The average molecular weight is 312 g/mol. The molecule has 0 saturated heterocycles. The summed E-state index contributed by atoms with van der Waals surface area (Å²) in [5.41, 5.74) is 2.25. The molecule has 1 aromatic heterocycles. The van der Waals surface area contributed by atoms with Gasteiger partial charge in [0.05, 0.1) is 18.3 Å². The maximum absolute atomic E-state index is 12.5. The van der Waals surface area contributed by atoms with Gasteiger partial charge < -0.3 is 15.1 Å². The standard InChI is InChI=1S/C19H24N2O2/c1-13(2)18(14-7-4-3-5-8-14)21-19(22)20-16-9-6-10-17-15(16)11-12-23-17/h3-5,7-8,11-13,16,18H,6,9-10H2,1-2H3,(H2,20,21,22)/t16-,18-/m1/s1.